The second kappa shape index (κ2) is 6.02. The average molecular weight is 250 g/mol. The summed E-state index contributed by atoms with van der Waals surface area (Å²) in [6.07, 6.45) is 3.57. The second-order valence-electron chi connectivity index (χ2n) is 1.99. The van der Waals surface area contributed by atoms with E-state index in [9.17, 15) is 0 Å². The molecule has 0 bridgehead atoms. The zero-order valence-electron chi connectivity index (χ0n) is 5.41. The molecular formula is C5H11BrCl2Si. The van der Waals surface area contributed by atoms with Gasteiger partial charge in [-0.1, -0.05) is 35.7 Å². The molecule has 1 atom stereocenters. The number of unbranched alkanes of at least 4 members (excludes halogenated alkanes) is 1. The summed E-state index contributed by atoms with van der Waals surface area (Å²) in [7, 11) is -1.44. The van der Waals surface area contributed by atoms with Crippen LogP contribution in [-0.2, 0) is 0 Å². The van der Waals surface area contributed by atoms with E-state index in [4.69, 9.17) is 22.2 Å². The number of alkyl halides is 1. The molecule has 0 aliphatic heterocycles. The van der Waals surface area contributed by atoms with Gasteiger partial charge in [-0.2, -0.15) is 0 Å². The van der Waals surface area contributed by atoms with Gasteiger partial charge in [-0.3, -0.25) is 0 Å². The quantitative estimate of drug-likeness (QED) is 0.408. The topological polar surface area (TPSA) is 0 Å². The van der Waals surface area contributed by atoms with Crippen molar-refractivity contribution in [3.63, 3.8) is 0 Å². The van der Waals surface area contributed by atoms with Crippen molar-refractivity contribution in [2.45, 2.75) is 30.6 Å². The number of rotatable bonds is 4. The van der Waals surface area contributed by atoms with E-state index in [1.807, 2.05) is 0 Å². The van der Waals surface area contributed by atoms with E-state index in [2.05, 4.69) is 22.9 Å². The molecule has 0 N–H and O–H groups in total. The van der Waals surface area contributed by atoms with Crippen LogP contribution in [0.1, 0.15) is 26.2 Å². The van der Waals surface area contributed by atoms with Gasteiger partial charge in [-0.25, -0.2) is 0 Å². The molecule has 0 fully saturated rings. The molecule has 0 radical (unpaired) electrons. The van der Waals surface area contributed by atoms with Crippen LogP contribution in [-0.4, -0.2) is 11.9 Å². The molecule has 4 heteroatoms. The fraction of sp³-hybridized carbons (Fsp3) is 1.00. The summed E-state index contributed by atoms with van der Waals surface area (Å²) in [6.45, 7) is 2.17. The lowest BCUT2D eigenvalue weighted by molar-refractivity contribution is 0.762. The van der Waals surface area contributed by atoms with Crippen LogP contribution in [0.3, 0.4) is 0 Å². The third-order valence-electron chi connectivity index (χ3n) is 1.11. The van der Waals surface area contributed by atoms with Crippen molar-refractivity contribution in [3.05, 3.63) is 0 Å². The molecule has 0 aromatic carbocycles. The molecule has 0 aliphatic rings. The van der Waals surface area contributed by atoms with Crippen molar-refractivity contribution >= 4 is 45.5 Å². The molecule has 0 rings (SSSR count). The van der Waals surface area contributed by atoms with Crippen LogP contribution in [0.15, 0.2) is 0 Å². The molecule has 0 saturated carbocycles. The fourth-order valence-corrected chi connectivity index (χ4v) is 2.09. The Kier molecular flexibility index (Phi) is 6.87. The van der Waals surface area contributed by atoms with Gasteiger partial charge in [0.2, 0.25) is 7.42 Å². The fourth-order valence-electron chi connectivity index (χ4n) is 0.525. The van der Waals surface area contributed by atoms with Crippen molar-refractivity contribution in [1.82, 2.24) is 0 Å². The Balaban J connectivity index is 3.16. The van der Waals surface area contributed by atoms with Gasteiger partial charge in [-0.05, 0) is 6.42 Å². The van der Waals surface area contributed by atoms with Crippen LogP contribution in [0.4, 0.5) is 0 Å². The van der Waals surface area contributed by atoms with Crippen LogP contribution >= 0.6 is 38.1 Å². The highest BCUT2D eigenvalue weighted by atomic mass is 79.9. The predicted molar refractivity (Wildman–Crippen MR) is 51.1 cm³/mol. The molecule has 0 nitrogen and oxygen atoms in total. The van der Waals surface area contributed by atoms with Crippen LogP contribution in [0.5, 0.6) is 0 Å². The minimum atomic E-state index is -1.44. The lowest BCUT2D eigenvalue weighted by Crippen LogP contribution is -2.12. The van der Waals surface area contributed by atoms with Gasteiger partial charge in [0, 0.05) is 4.45 Å². The van der Waals surface area contributed by atoms with Gasteiger partial charge in [0.25, 0.3) is 0 Å². The lowest BCUT2D eigenvalue weighted by atomic mass is 10.3. The monoisotopic (exact) mass is 248 g/mol. The molecular weight excluding hydrogens is 239 g/mol. The molecule has 0 heterocycles. The smallest absolute Gasteiger partial charge is 0.149 e. The molecule has 9 heavy (non-hydrogen) atoms. The molecule has 0 spiro atoms. The average Bonchev–Trinajstić information content (AvgIpc) is 1.82. The summed E-state index contributed by atoms with van der Waals surface area (Å²) in [4.78, 5) is 0. The van der Waals surface area contributed by atoms with E-state index in [0.717, 1.165) is 6.42 Å². The van der Waals surface area contributed by atoms with E-state index >= 15 is 0 Å². The Morgan fingerprint density at radius 1 is 1.56 bits per heavy atom. The first-order valence-electron chi connectivity index (χ1n) is 3.10. The maximum Gasteiger partial charge on any atom is 0.250 e. The SMILES string of the molecule is CCCCC(Br)[SiH](Cl)Cl. The minimum Gasteiger partial charge on any atom is -0.149 e. The third kappa shape index (κ3) is 5.71. The molecule has 0 saturated heterocycles. The van der Waals surface area contributed by atoms with Crippen LogP contribution < -0.4 is 0 Å². The number of hydrogen-bond donors (Lipinski definition) is 0. The van der Waals surface area contributed by atoms with Gasteiger partial charge in [0.05, 0.1) is 0 Å². The Labute approximate surface area is 76.1 Å². The lowest BCUT2D eigenvalue weighted by Gasteiger charge is -2.06. The Morgan fingerprint density at radius 3 is 2.44 bits per heavy atom. The van der Waals surface area contributed by atoms with Gasteiger partial charge >= 0.3 is 0 Å². The largest absolute Gasteiger partial charge is 0.250 e. The standard InChI is InChI=1S/C5H11BrCl2Si/c1-2-3-4-5(6)9(7)8/h5,9H,2-4H2,1H3. The Bertz CT molecular complexity index is 70.0. The van der Waals surface area contributed by atoms with E-state index < -0.39 is 7.42 Å². The maximum absolute atomic E-state index is 5.72. The molecule has 0 aromatic heterocycles. The summed E-state index contributed by atoms with van der Waals surface area (Å²) in [6, 6.07) is 0. The first kappa shape index (κ1) is 10.3. The summed E-state index contributed by atoms with van der Waals surface area (Å²) in [5.74, 6) is 0. The van der Waals surface area contributed by atoms with Gasteiger partial charge in [0.15, 0.2) is 0 Å². The molecule has 56 valence electrons. The van der Waals surface area contributed by atoms with Crippen molar-refractivity contribution in [2.75, 3.05) is 0 Å². The summed E-state index contributed by atoms with van der Waals surface area (Å²) in [5.41, 5.74) is 0. The van der Waals surface area contributed by atoms with E-state index in [-0.39, 0.29) is 0 Å². The van der Waals surface area contributed by atoms with Gasteiger partial charge in [0.1, 0.15) is 0 Å². The van der Waals surface area contributed by atoms with Crippen LogP contribution in [0, 0.1) is 0 Å². The highest BCUT2D eigenvalue weighted by Crippen LogP contribution is 2.17. The third-order valence-corrected chi connectivity index (χ3v) is 7.68. The van der Waals surface area contributed by atoms with Crippen molar-refractivity contribution in [3.8, 4) is 0 Å². The van der Waals surface area contributed by atoms with Crippen LogP contribution in [0.25, 0.3) is 0 Å². The Morgan fingerprint density at radius 2 is 2.11 bits per heavy atom. The van der Waals surface area contributed by atoms with Gasteiger partial charge < -0.3 is 0 Å². The zero-order chi connectivity index (χ0) is 7.28. The minimum absolute atomic E-state index is 0.404. The predicted octanol–water partition coefficient (Wildman–Crippen LogP) is 3.18. The van der Waals surface area contributed by atoms with E-state index in [1.54, 1.807) is 0 Å². The first-order chi connectivity index (χ1) is 4.18. The summed E-state index contributed by atoms with van der Waals surface area (Å²) in [5, 5.41) is 0. The zero-order valence-corrected chi connectivity index (χ0v) is 9.66. The van der Waals surface area contributed by atoms with Gasteiger partial charge in [-0.15, -0.1) is 22.2 Å². The van der Waals surface area contributed by atoms with Crippen molar-refractivity contribution < 1.29 is 0 Å². The molecule has 1 unspecified atom stereocenters. The summed E-state index contributed by atoms with van der Waals surface area (Å²) < 4.78 is 0.404. The highest BCUT2D eigenvalue weighted by Gasteiger charge is 2.13. The number of halogens is 3. The molecule has 0 aromatic rings. The summed E-state index contributed by atoms with van der Waals surface area (Å²) >= 11 is 14.9. The highest BCUT2D eigenvalue weighted by molar-refractivity contribution is 9.10. The normalized spacial score (nSPS) is 14.3. The van der Waals surface area contributed by atoms with E-state index in [0.29, 0.717) is 4.45 Å². The van der Waals surface area contributed by atoms with Crippen LogP contribution in [0.2, 0.25) is 0 Å². The maximum atomic E-state index is 5.72. The van der Waals surface area contributed by atoms with Crippen molar-refractivity contribution in [1.29, 1.82) is 0 Å². The molecule has 0 amide bonds. The Hall–Kier alpha value is 1.28. The second-order valence-corrected chi connectivity index (χ2v) is 9.11. The first-order valence-corrected chi connectivity index (χ1v) is 8.18. The molecule has 0 aliphatic carbocycles. The number of hydrogen-bond acceptors (Lipinski definition) is 0. The van der Waals surface area contributed by atoms with E-state index in [1.165, 1.54) is 12.8 Å². The van der Waals surface area contributed by atoms with Crippen molar-refractivity contribution in [2.24, 2.45) is 0 Å².